The summed E-state index contributed by atoms with van der Waals surface area (Å²) in [5.41, 5.74) is 0.137. The predicted molar refractivity (Wildman–Crippen MR) is 58.0 cm³/mol. The van der Waals surface area contributed by atoms with Crippen LogP contribution in [0.1, 0.15) is 47.7 Å². The number of alkyl halides is 3. The SMILES string of the molecule is CCC1(c2ccc(C(F)(F)F)cc2C=O)CC1. The molecule has 0 heterocycles. The molecule has 1 aliphatic carbocycles. The molecule has 4 heteroatoms. The monoisotopic (exact) mass is 242 g/mol. The summed E-state index contributed by atoms with van der Waals surface area (Å²) < 4.78 is 37.5. The van der Waals surface area contributed by atoms with E-state index in [4.69, 9.17) is 0 Å². The molecule has 0 radical (unpaired) electrons. The summed E-state index contributed by atoms with van der Waals surface area (Å²) in [7, 11) is 0. The van der Waals surface area contributed by atoms with Gasteiger partial charge in [0.25, 0.3) is 0 Å². The standard InChI is InChI=1S/C13H13F3O/c1-2-12(5-6-12)11-4-3-10(13(14,15)16)7-9(11)8-17/h3-4,7-8H,2,5-6H2,1H3. The van der Waals surface area contributed by atoms with Crippen molar-refractivity contribution in [3.8, 4) is 0 Å². The van der Waals surface area contributed by atoms with Gasteiger partial charge in [-0.15, -0.1) is 0 Å². The van der Waals surface area contributed by atoms with Crippen LogP contribution in [0.2, 0.25) is 0 Å². The van der Waals surface area contributed by atoms with E-state index in [2.05, 4.69) is 0 Å². The first-order chi connectivity index (χ1) is 7.93. The number of rotatable bonds is 3. The molecule has 1 aliphatic rings. The van der Waals surface area contributed by atoms with Crippen LogP contribution in [0.3, 0.4) is 0 Å². The van der Waals surface area contributed by atoms with Crippen LogP contribution in [0.5, 0.6) is 0 Å². The maximum atomic E-state index is 12.5. The van der Waals surface area contributed by atoms with Gasteiger partial charge in [0.2, 0.25) is 0 Å². The van der Waals surface area contributed by atoms with E-state index in [1.54, 1.807) is 0 Å². The molecule has 1 aromatic rings. The molecule has 1 aromatic carbocycles. The van der Waals surface area contributed by atoms with Crippen LogP contribution in [-0.4, -0.2) is 6.29 Å². The molecule has 0 aromatic heterocycles. The van der Waals surface area contributed by atoms with Crippen molar-refractivity contribution in [2.45, 2.75) is 37.8 Å². The number of halogens is 3. The number of aldehydes is 1. The van der Waals surface area contributed by atoms with Gasteiger partial charge in [0, 0.05) is 5.56 Å². The van der Waals surface area contributed by atoms with E-state index in [0.717, 1.165) is 37.0 Å². The minimum atomic E-state index is -4.39. The molecule has 0 saturated heterocycles. The second-order valence-corrected chi connectivity index (χ2v) is 4.55. The molecule has 0 spiro atoms. The zero-order chi connectivity index (χ0) is 12.7. The van der Waals surface area contributed by atoms with Gasteiger partial charge in [0.05, 0.1) is 5.56 Å². The van der Waals surface area contributed by atoms with Crippen LogP contribution in [-0.2, 0) is 11.6 Å². The average molecular weight is 242 g/mol. The van der Waals surface area contributed by atoms with Crippen LogP contribution < -0.4 is 0 Å². The Morgan fingerprint density at radius 2 is 2.00 bits per heavy atom. The Balaban J connectivity index is 2.46. The van der Waals surface area contributed by atoms with Crippen molar-refractivity contribution in [1.29, 1.82) is 0 Å². The van der Waals surface area contributed by atoms with E-state index in [0.29, 0.717) is 6.29 Å². The molecule has 1 saturated carbocycles. The van der Waals surface area contributed by atoms with E-state index in [1.807, 2.05) is 6.92 Å². The van der Waals surface area contributed by atoms with Gasteiger partial charge < -0.3 is 0 Å². The Bertz CT molecular complexity index is 444. The summed E-state index contributed by atoms with van der Waals surface area (Å²) in [5, 5.41) is 0. The number of hydrogen-bond donors (Lipinski definition) is 0. The van der Waals surface area contributed by atoms with E-state index < -0.39 is 11.7 Å². The van der Waals surface area contributed by atoms with Gasteiger partial charge in [0.15, 0.2) is 0 Å². The van der Waals surface area contributed by atoms with Crippen molar-refractivity contribution >= 4 is 6.29 Å². The van der Waals surface area contributed by atoms with Crippen LogP contribution in [0.4, 0.5) is 13.2 Å². The Morgan fingerprint density at radius 3 is 2.41 bits per heavy atom. The third kappa shape index (κ3) is 2.08. The first-order valence-electron chi connectivity index (χ1n) is 5.60. The molecular weight excluding hydrogens is 229 g/mol. The Labute approximate surface area is 97.6 Å². The lowest BCUT2D eigenvalue weighted by molar-refractivity contribution is -0.137. The van der Waals surface area contributed by atoms with Gasteiger partial charge in [-0.2, -0.15) is 13.2 Å². The molecule has 0 amide bonds. The average Bonchev–Trinajstić information content (AvgIpc) is 3.08. The number of hydrogen-bond acceptors (Lipinski definition) is 1. The highest BCUT2D eigenvalue weighted by Crippen LogP contribution is 2.52. The molecule has 0 bridgehead atoms. The van der Waals surface area contributed by atoms with Crippen molar-refractivity contribution in [3.05, 3.63) is 34.9 Å². The third-order valence-corrected chi connectivity index (χ3v) is 3.61. The number of carbonyl (C=O) groups is 1. The van der Waals surface area contributed by atoms with Crippen molar-refractivity contribution in [2.75, 3.05) is 0 Å². The van der Waals surface area contributed by atoms with Crippen molar-refractivity contribution in [2.24, 2.45) is 0 Å². The fourth-order valence-corrected chi connectivity index (χ4v) is 2.28. The van der Waals surface area contributed by atoms with Crippen LogP contribution >= 0.6 is 0 Å². The molecule has 0 aliphatic heterocycles. The summed E-state index contributed by atoms with van der Waals surface area (Å²) >= 11 is 0. The van der Waals surface area contributed by atoms with Gasteiger partial charge in [-0.25, -0.2) is 0 Å². The molecule has 0 atom stereocenters. The minimum absolute atomic E-state index is 0.0552. The van der Waals surface area contributed by atoms with Gasteiger partial charge in [0.1, 0.15) is 6.29 Å². The first kappa shape index (κ1) is 12.1. The molecule has 1 nitrogen and oxygen atoms in total. The highest BCUT2D eigenvalue weighted by molar-refractivity contribution is 5.79. The van der Waals surface area contributed by atoms with Gasteiger partial charge in [-0.3, -0.25) is 4.79 Å². The molecule has 0 unspecified atom stereocenters. The normalized spacial score (nSPS) is 17.9. The van der Waals surface area contributed by atoms with Crippen LogP contribution in [0.25, 0.3) is 0 Å². The lowest BCUT2D eigenvalue weighted by atomic mass is 9.88. The smallest absolute Gasteiger partial charge is 0.298 e. The maximum absolute atomic E-state index is 12.5. The summed E-state index contributed by atoms with van der Waals surface area (Å²) in [6, 6.07) is 3.49. The molecular formula is C13H13F3O. The third-order valence-electron chi connectivity index (χ3n) is 3.61. The quantitative estimate of drug-likeness (QED) is 0.733. The highest BCUT2D eigenvalue weighted by atomic mass is 19.4. The Hall–Kier alpha value is -1.32. The van der Waals surface area contributed by atoms with Crippen LogP contribution in [0.15, 0.2) is 18.2 Å². The highest BCUT2D eigenvalue weighted by Gasteiger charge is 2.44. The topological polar surface area (TPSA) is 17.1 Å². The zero-order valence-electron chi connectivity index (χ0n) is 9.47. The van der Waals surface area contributed by atoms with E-state index in [-0.39, 0.29) is 11.0 Å². The van der Waals surface area contributed by atoms with Gasteiger partial charge in [-0.05, 0) is 42.4 Å². The molecule has 0 N–H and O–H groups in total. The van der Waals surface area contributed by atoms with Crippen molar-refractivity contribution in [3.63, 3.8) is 0 Å². The molecule has 2 rings (SSSR count). The lowest BCUT2D eigenvalue weighted by Gasteiger charge is -2.17. The lowest BCUT2D eigenvalue weighted by Crippen LogP contribution is -2.11. The minimum Gasteiger partial charge on any atom is -0.298 e. The fourth-order valence-electron chi connectivity index (χ4n) is 2.28. The number of benzene rings is 1. The van der Waals surface area contributed by atoms with Crippen molar-refractivity contribution in [1.82, 2.24) is 0 Å². The van der Waals surface area contributed by atoms with Gasteiger partial charge >= 0.3 is 6.18 Å². The van der Waals surface area contributed by atoms with Crippen molar-refractivity contribution < 1.29 is 18.0 Å². The summed E-state index contributed by atoms with van der Waals surface area (Å²) in [5.74, 6) is 0. The second-order valence-electron chi connectivity index (χ2n) is 4.55. The number of carbonyl (C=O) groups excluding carboxylic acids is 1. The molecule has 92 valence electrons. The first-order valence-corrected chi connectivity index (χ1v) is 5.60. The summed E-state index contributed by atoms with van der Waals surface area (Å²) in [6.45, 7) is 2.00. The fraction of sp³-hybridized carbons (Fsp3) is 0.462. The summed E-state index contributed by atoms with van der Waals surface area (Å²) in [6.07, 6.45) is -1.09. The Kier molecular flexibility index (Phi) is 2.76. The molecule has 1 fully saturated rings. The summed E-state index contributed by atoms with van der Waals surface area (Å²) in [4.78, 5) is 10.9. The van der Waals surface area contributed by atoms with E-state index in [1.165, 1.54) is 6.07 Å². The largest absolute Gasteiger partial charge is 0.416 e. The second kappa shape index (κ2) is 3.86. The zero-order valence-corrected chi connectivity index (χ0v) is 9.47. The Morgan fingerprint density at radius 1 is 1.35 bits per heavy atom. The van der Waals surface area contributed by atoms with Crippen LogP contribution in [0, 0.1) is 0 Å². The maximum Gasteiger partial charge on any atom is 0.416 e. The van der Waals surface area contributed by atoms with Gasteiger partial charge in [-0.1, -0.05) is 13.0 Å². The van der Waals surface area contributed by atoms with E-state index in [9.17, 15) is 18.0 Å². The van der Waals surface area contributed by atoms with E-state index >= 15 is 0 Å². The molecule has 17 heavy (non-hydrogen) atoms. The predicted octanol–water partition coefficient (Wildman–Crippen LogP) is 3.96.